The molecule has 0 saturated heterocycles. The fraction of sp³-hybridized carbons (Fsp3) is 0.323. The smallest absolute Gasteiger partial charge is 0.310 e. The van der Waals surface area contributed by atoms with Gasteiger partial charge in [0.05, 0.1) is 20.1 Å². The van der Waals surface area contributed by atoms with Crippen molar-refractivity contribution in [3.05, 3.63) is 82.6 Å². The van der Waals surface area contributed by atoms with Crippen molar-refractivity contribution in [3.63, 3.8) is 0 Å². The Labute approximate surface area is 217 Å². The summed E-state index contributed by atoms with van der Waals surface area (Å²) in [6.07, 6.45) is 2.48. The van der Waals surface area contributed by atoms with E-state index in [1.165, 1.54) is 18.4 Å². The summed E-state index contributed by atoms with van der Waals surface area (Å²) in [6.45, 7) is 4.93. The number of benzene rings is 3. The molecule has 3 aromatic carbocycles. The highest BCUT2D eigenvalue weighted by Crippen LogP contribution is 2.46. The second-order valence-corrected chi connectivity index (χ2v) is 9.50. The fourth-order valence-electron chi connectivity index (χ4n) is 4.77. The predicted octanol–water partition coefficient (Wildman–Crippen LogP) is 6.44. The second kappa shape index (κ2) is 10.7. The molecule has 1 aromatic heterocycles. The van der Waals surface area contributed by atoms with Gasteiger partial charge < -0.3 is 24.4 Å². The molecule has 1 aliphatic carbocycles. The van der Waals surface area contributed by atoms with E-state index in [4.69, 9.17) is 24.4 Å². The molecular formula is C31H33NO5. The maximum absolute atomic E-state index is 12.2. The highest BCUT2D eigenvalue weighted by atomic mass is 16.5. The molecule has 0 aliphatic heterocycles. The van der Waals surface area contributed by atoms with Gasteiger partial charge in [-0.25, -0.2) is 0 Å². The Bertz CT molecular complexity index is 1430. The Kier molecular flexibility index (Phi) is 7.19. The first-order valence-corrected chi connectivity index (χ1v) is 12.8. The molecule has 1 saturated carbocycles. The van der Waals surface area contributed by atoms with E-state index >= 15 is 0 Å². The largest absolute Gasteiger partial charge is 0.497 e. The van der Waals surface area contributed by atoms with Crippen LogP contribution in [0.4, 0.5) is 0 Å². The molecule has 37 heavy (non-hydrogen) atoms. The van der Waals surface area contributed by atoms with Gasteiger partial charge in [-0.15, -0.1) is 0 Å². The SMILES string of the molecule is CCOC(=O)Cc1ccc(OC)cc1OCc1c(C)oc2c(C3CC3)cc(-c3cccc(CN)c3)cc12. The zero-order chi connectivity index (χ0) is 25.9. The normalized spacial score (nSPS) is 13.1. The Hall–Kier alpha value is -3.77. The molecule has 6 heteroatoms. The Morgan fingerprint density at radius 3 is 2.65 bits per heavy atom. The van der Waals surface area contributed by atoms with Crippen LogP contribution in [-0.4, -0.2) is 19.7 Å². The molecule has 0 bridgehead atoms. The van der Waals surface area contributed by atoms with E-state index in [1.54, 1.807) is 14.0 Å². The van der Waals surface area contributed by atoms with Crippen LogP contribution in [0.3, 0.4) is 0 Å². The Balaban J connectivity index is 1.52. The highest BCUT2D eigenvalue weighted by Gasteiger charge is 2.29. The predicted molar refractivity (Wildman–Crippen MR) is 144 cm³/mol. The van der Waals surface area contributed by atoms with Gasteiger partial charge in [0, 0.05) is 29.1 Å². The number of carbonyl (C=O) groups is 1. The van der Waals surface area contributed by atoms with Crippen molar-refractivity contribution in [1.82, 2.24) is 0 Å². The fourth-order valence-corrected chi connectivity index (χ4v) is 4.77. The van der Waals surface area contributed by atoms with E-state index in [9.17, 15) is 4.79 Å². The van der Waals surface area contributed by atoms with Gasteiger partial charge in [0.25, 0.3) is 0 Å². The minimum atomic E-state index is -0.291. The van der Waals surface area contributed by atoms with E-state index in [-0.39, 0.29) is 12.4 Å². The van der Waals surface area contributed by atoms with Crippen molar-refractivity contribution in [2.24, 2.45) is 5.73 Å². The van der Waals surface area contributed by atoms with E-state index in [2.05, 4.69) is 30.3 Å². The van der Waals surface area contributed by atoms with Crippen LogP contribution < -0.4 is 15.2 Å². The lowest BCUT2D eigenvalue weighted by Crippen LogP contribution is -2.09. The number of nitrogens with two attached hydrogens (primary N) is 1. The first-order valence-electron chi connectivity index (χ1n) is 12.8. The van der Waals surface area contributed by atoms with Crippen molar-refractivity contribution in [1.29, 1.82) is 0 Å². The number of fused-ring (bicyclic) bond motifs is 1. The van der Waals surface area contributed by atoms with Crippen molar-refractivity contribution in [3.8, 4) is 22.6 Å². The van der Waals surface area contributed by atoms with Gasteiger partial charge in [-0.05, 0) is 79.1 Å². The molecule has 0 amide bonds. The first kappa shape index (κ1) is 24.9. The van der Waals surface area contributed by atoms with Crippen LogP contribution in [0.25, 0.3) is 22.1 Å². The Morgan fingerprint density at radius 2 is 1.92 bits per heavy atom. The van der Waals surface area contributed by atoms with E-state index < -0.39 is 0 Å². The van der Waals surface area contributed by atoms with Gasteiger partial charge in [-0.3, -0.25) is 4.79 Å². The summed E-state index contributed by atoms with van der Waals surface area (Å²) < 4.78 is 23.2. The molecule has 0 unspecified atom stereocenters. The van der Waals surface area contributed by atoms with Crippen molar-refractivity contribution >= 4 is 16.9 Å². The third-order valence-electron chi connectivity index (χ3n) is 6.92. The van der Waals surface area contributed by atoms with Gasteiger partial charge in [0.2, 0.25) is 0 Å². The van der Waals surface area contributed by atoms with Crippen LogP contribution in [0, 0.1) is 6.92 Å². The van der Waals surface area contributed by atoms with Crippen LogP contribution in [0.2, 0.25) is 0 Å². The van der Waals surface area contributed by atoms with Crippen molar-refractivity contribution in [2.75, 3.05) is 13.7 Å². The zero-order valence-corrected chi connectivity index (χ0v) is 21.6. The standard InChI is InChI=1S/C31H33NO5/c1-4-35-30(33)15-23-10-11-25(34-3)16-29(23)36-18-28-19(2)37-31-26(21-8-9-21)13-24(14-27(28)31)22-7-5-6-20(12-22)17-32/h5-7,10-14,16,21H,4,8-9,15,17-18,32H2,1-3H3. The molecule has 0 atom stereocenters. The van der Waals surface area contributed by atoms with Crippen LogP contribution in [0.15, 0.2) is 59.0 Å². The third kappa shape index (κ3) is 5.35. The zero-order valence-electron chi connectivity index (χ0n) is 21.6. The van der Waals surface area contributed by atoms with Gasteiger partial charge in [-0.1, -0.05) is 24.3 Å². The highest BCUT2D eigenvalue weighted by molar-refractivity contribution is 5.90. The summed E-state index contributed by atoms with van der Waals surface area (Å²) in [5, 5.41) is 1.06. The number of esters is 1. The maximum atomic E-state index is 12.2. The van der Waals surface area contributed by atoms with Crippen molar-refractivity contribution < 1.29 is 23.4 Å². The molecule has 1 fully saturated rings. The van der Waals surface area contributed by atoms with E-state index in [1.807, 2.05) is 31.2 Å². The molecular weight excluding hydrogens is 466 g/mol. The maximum Gasteiger partial charge on any atom is 0.310 e. The second-order valence-electron chi connectivity index (χ2n) is 9.50. The number of methoxy groups -OCH3 is 1. The molecule has 2 N–H and O–H groups in total. The summed E-state index contributed by atoms with van der Waals surface area (Å²) in [5.41, 5.74) is 13.2. The number of ether oxygens (including phenoxy) is 3. The minimum Gasteiger partial charge on any atom is -0.497 e. The van der Waals surface area contributed by atoms with Crippen LogP contribution >= 0.6 is 0 Å². The molecule has 1 aliphatic rings. The lowest BCUT2D eigenvalue weighted by molar-refractivity contribution is -0.142. The first-order chi connectivity index (χ1) is 18.0. The number of rotatable bonds is 10. The third-order valence-corrected chi connectivity index (χ3v) is 6.92. The molecule has 1 heterocycles. The summed E-state index contributed by atoms with van der Waals surface area (Å²) in [7, 11) is 1.61. The van der Waals surface area contributed by atoms with Crippen LogP contribution in [0.1, 0.15) is 53.7 Å². The molecule has 0 spiro atoms. The van der Waals surface area contributed by atoms with E-state index in [0.717, 1.165) is 44.5 Å². The summed E-state index contributed by atoms with van der Waals surface area (Å²) in [6, 6.07) is 18.3. The topological polar surface area (TPSA) is 83.9 Å². The molecule has 5 rings (SSSR count). The number of carbonyl (C=O) groups excluding carboxylic acids is 1. The molecule has 6 nitrogen and oxygen atoms in total. The van der Waals surface area contributed by atoms with Crippen molar-refractivity contribution in [2.45, 2.75) is 52.2 Å². The van der Waals surface area contributed by atoms with Gasteiger partial charge in [0.1, 0.15) is 29.4 Å². The average molecular weight is 500 g/mol. The number of hydrogen-bond donors (Lipinski definition) is 1. The number of aryl methyl sites for hydroxylation is 1. The molecule has 4 aromatic rings. The number of furan rings is 1. The monoisotopic (exact) mass is 499 g/mol. The number of hydrogen-bond acceptors (Lipinski definition) is 6. The van der Waals surface area contributed by atoms with E-state index in [0.29, 0.717) is 37.2 Å². The summed E-state index contributed by atoms with van der Waals surface area (Å²) >= 11 is 0. The Morgan fingerprint density at radius 1 is 1.08 bits per heavy atom. The summed E-state index contributed by atoms with van der Waals surface area (Å²) in [4.78, 5) is 12.2. The summed E-state index contributed by atoms with van der Waals surface area (Å²) in [5.74, 6) is 2.32. The molecule has 192 valence electrons. The lowest BCUT2D eigenvalue weighted by Gasteiger charge is -2.13. The van der Waals surface area contributed by atoms with Crippen LogP contribution in [0.5, 0.6) is 11.5 Å². The van der Waals surface area contributed by atoms with Gasteiger partial charge in [-0.2, -0.15) is 0 Å². The lowest BCUT2D eigenvalue weighted by atomic mass is 9.96. The van der Waals surface area contributed by atoms with Gasteiger partial charge in [0.15, 0.2) is 0 Å². The average Bonchev–Trinajstić information content (AvgIpc) is 3.70. The van der Waals surface area contributed by atoms with Gasteiger partial charge >= 0.3 is 5.97 Å². The minimum absolute atomic E-state index is 0.131. The quantitative estimate of drug-likeness (QED) is 0.253. The van der Waals surface area contributed by atoms with Crippen LogP contribution in [-0.2, 0) is 29.1 Å². The molecule has 0 radical (unpaired) electrons.